The minimum atomic E-state index is -0.523. The van der Waals surface area contributed by atoms with Crippen molar-refractivity contribution in [3.05, 3.63) is 96.3 Å². The van der Waals surface area contributed by atoms with E-state index in [1.165, 1.54) is 0 Å². The maximum absolute atomic E-state index is 13.4. The molecular formula is C27H23NO4. The molecule has 5 heteroatoms. The van der Waals surface area contributed by atoms with Gasteiger partial charge in [-0.3, -0.25) is 4.98 Å². The van der Waals surface area contributed by atoms with Crippen molar-refractivity contribution in [3.63, 3.8) is 0 Å². The number of carbonyl (C=O) groups excluding carboxylic acids is 1. The second-order valence-corrected chi connectivity index (χ2v) is 7.18. The first-order chi connectivity index (χ1) is 15.7. The number of aliphatic hydroxyl groups is 1. The van der Waals surface area contributed by atoms with Gasteiger partial charge in [-0.05, 0) is 24.1 Å². The second-order valence-electron chi connectivity index (χ2n) is 7.18. The monoisotopic (exact) mass is 425 g/mol. The molecule has 1 aromatic heterocycles. The summed E-state index contributed by atoms with van der Waals surface area (Å²) >= 11 is 0. The smallest absolute Gasteiger partial charge is 0.339 e. The number of carbonyl (C=O) groups is 1. The largest absolute Gasteiger partial charge is 0.507 e. The first-order valence-electron chi connectivity index (χ1n) is 10.4. The lowest BCUT2D eigenvalue weighted by Crippen LogP contribution is -2.12. The van der Waals surface area contributed by atoms with Crippen LogP contribution in [0.1, 0.15) is 22.8 Å². The standard InChI is InChI=1S/C27H23NO4/c1-2-32-27(31)25-22(18-10-5-3-6-11-18)21(17-29)26(30)24(20-14-9-15-28-16-20)23(25)19-12-7-4-8-13-19/h3-16,29-30H,2,17H2,1H3. The van der Waals surface area contributed by atoms with Crippen LogP contribution in [0.2, 0.25) is 0 Å². The van der Waals surface area contributed by atoms with Gasteiger partial charge in [0.05, 0.1) is 18.8 Å². The van der Waals surface area contributed by atoms with E-state index in [1.807, 2.05) is 66.7 Å². The highest BCUT2D eigenvalue weighted by Gasteiger charge is 2.30. The van der Waals surface area contributed by atoms with E-state index >= 15 is 0 Å². The van der Waals surface area contributed by atoms with E-state index in [9.17, 15) is 15.0 Å². The maximum atomic E-state index is 13.4. The van der Waals surface area contributed by atoms with Crippen molar-refractivity contribution >= 4 is 5.97 Å². The number of ether oxygens (including phenoxy) is 1. The molecule has 0 aliphatic rings. The van der Waals surface area contributed by atoms with Crippen LogP contribution in [0, 0.1) is 0 Å². The minimum Gasteiger partial charge on any atom is -0.507 e. The maximum Gasteiger partial charge on any atom is 0.339 e. The van der Waals surface area contributed by atoms with Crippen molar-refractivity contribution in [1.82, 2.24) is 4.98 Å². The van der Waals surface area contributed by atoms with Crippen molar-refractivity contribution in [3.8, 4) is 39.1 Å². The Labute approximate surface area is 186 Å². The Kier molecular flexibility index (Phi) is 6.29. The average Bonchev–Trinajstić information content (AvgIpc) is 2.85. The van der Waals surface area contributed by atoms with Crippen molar-refractivity contribution in [1.29, 1.82) is 0 Å². The molecule has 0 amide bonds. The van der Waals surface area contributed by atoms with Gasteiger partial charge in [0.25, 0.3) is 0 Å². The molecule has 0 bridgehead atoms. The summed E-state index contributed by atoms with van der Waals surface area (Å²) in [4.78, 5) is 17.6. The number of nitrogens with zero attached hydrogens (tertiary/aromatic N) is 1. The molecule has 160 valence electrons. The SMILES string of the molecule is CCOC(=O)c1c(-c2ccccc2)c(CO)c(O)c(-c2cccnc2)c1-c1ccccc1. The molecule has 4 aromatic rings. The molecule has 0 atom stereocenters. The van der Waals surface area contributed by atoms with Gasteiger partial charge in [-0.25, -0.2) is 4.79 Å². The number of aliphatic hydroxyl groups excluding tert-OH is 1. The number of phenols is 1. The van der Waals surface area contributed by atoms with Gasteiger partial charge >= 0.3 is 5.97 Å². The topological polar surface area (TPSA) is 79.7 Å². The molecule has 0 spiro atoms. The Morgan fingerprint density at radius 1 is 0.844 bits per heavy atom. The number of pyridine rings is 1. The number of aromatic hydroxyl groups is 1. The van der Waals surface area contributed by atoms with Gasteiger partial charge in [0.2, 0.25) is 0 Å². The fourth-order valence-corrected chi connectivity index (χ4v) is 3.96. The van der Waals surface area contributed by atoms with E-state index in [-0.39, 0.29) is 17.9 Å². The van der Waals surface area contributed by atoms with Crippen molar-refractivity contribution in [2.45, 2.75) is 13.5 Å². The third-order valence-corrected chi connectivity index (χ3v) is 5.29. The number of esters is 1. The van der Waals surface area contributed by atoms with Crippen molar-refractivity contribution in [2.75, 3.05) is 6.61 Å². The van der Waals surface area contributed by atoms with Gasteiger partial charge in [0.1, 0.15) is 5.75 Å². The van der Waals surface area contributed by atoms with Crippen LogP contribution in [0.25, 0.3) is 33.4 Å². The molecule has 5 nitrogen and oxygen atoms in total. The highest BCUT2D eigenvalue weighted by atomic mass is 16.5. The van der Waals surface area contributed by atoms with Crippen LogP contribution in [0.3, 0.4) is 0 Å². The molecule has 32 heavy (non-hydrogen) atoms. The molecule has 0 unspecified atom stereocenters. The molecule has 0 aliphatic carbocycles. The first kappa shape index (κ1) is 21.3. The summed E-state index contributed by atoms with van der Waals surface area (Å²) in [6.07, 6.45) is 3.26. The number of aromatic nitrogens is 1. The Morgan fingerprint density at radius 2 is 1.44 bits per heavy atom. The van der Waals surface area contributed by atoms with E-state index in [0.29, 0.717) is 33.4 Å². The van der Waals surface area contributed by atoms with E-state index in [2.05, 4.69) is 4.98 Å². The normalized spacial score (nSPS) is 10.7. The molecule has 0 aliphatic heterocycles. The van der Waals surface area contributed by atoms with Gasteiger partial charge in [-0.1, -0.05) is 66.7 Å². The minimum absolute atomic E-state index is 0.0914. The Morgan fingerprint density at radius 3 is 1.97 bits per heavy atom. The van der Waals surface area contributed by atoms with Crippen LogP contribution in [0.15, 0.2) is 85.2 Å². The van der Waals surface area contributed by atoms with Gasteiger partial charge in [-0.15, -0.1) is 0 Å². The van der Waals surface area contributed by atoms with E-state index in [0.717, 1.165) is 5.56 Å². The highest BCUT2D eigenvalue weighted by Crippen LogP contribution is 2.48. The van der Waals surface area contributed by atoms with E-state index < -0.39 is 12.6 Å². The Bertz CT molecular complexity index is 1220. The average molecular weight is 425 g/mol. The molecule has 0 radical (unpaired) electrons. The third-order valence-electron chi connectivity index (χ3n) is 5.29. The lowest BCUT2D eigenvalue weighted by Gasteiger charge is -2.23. The summed E-state index contributed by atoms with van der Waals surface area (Å²) in [5, 5.41) is 21.7. The zero-order valence-corrected chi connectivity index (χ0v) is 17.7. The fraction of sp³-hybridized carbons (Fsp3) is 0.111. The first-order valence-corrected chi connectivity index (χ1v) is 10.4. The molecular weight excluding hydrogens is 402 g/mol. The van der Waals surface area contributed by atoms with Crippen LogP contribution in [-0.4, -0.2) is 27.8 Å². The number of rotatable bonds is 6. The number of hydrogen-bond acceptors (Lipinski definition) is 5. The second kappa shape index (κ2) is 9.45. The summed E-state index contributed by atoms with van der Waals surface area (Å²) in [5.74, 6) is -0.615. The van der Waals surface area contributed by atoms with Gasteiger partial charge in [-0.2, -0.15) is 0 Å². The lowest BCUT2D eigenvalue weighted by molar-refractivity contribution is 0.0528. The molecule has 2 N–H and O–H groups in total. The van der Waals surface area contributed by atoms with Crippen LogP contribution in [0.5, 0.6) is 5.75 Å². The number of benzene rings is 3. The fourth-order valence-electron chi connectivity index (χ4n) is 3.96. The van der Waals surface area contributed by atoms with E-state index in [1.54, 1.807) is 25.4 Å². The van der Waals surface area contributed by atoms with Crippen LogP contribution < -0.4 is 0 Å². The molecule has 3 aromatic carbocycles. The third kappa shape index (κ3) is 3.86. The van der Waals surface area contributed by atoms with Crippen molar-refractivity contribution in [2.24, 2.45) is 0 Å². The van der Waals surface area contributed by atoms with Crippen LogP contribution >= 0.6 is 0 Å². The van der Waals surface area contributed by atoms with Gasteiger partial charge in [0, 0.05) is 40.2 Å². The summed E-state index contributed by atoms with van der Waals surface area (Å²) in [6, 6.07) is 22.2. The predicted octanol–water partition coefficient (Wildman–Crippen LogP) is 5.46. The van der Waals surface area contributed by atoms with Crippen LogP contribution in [0.4, 0.5) is 0 Å². The van der Waals surface area contributed by atoms with Gasteiger partial charge < -0.3 is 14.9 Å². The summed E-state index contributed by atoms with van der Waals surface area (Å²) in [7, 11) is 0. The zero-order chi connectivity index (χ0) is 22.5. The number of hydrogen-bond donors (Lipinski definition) is 2. The van der Waals surface area contributed by atoms with E-state index in [4.69, 9.17) is 4.74 Å². The summed E-state index contributed by atoms with van der Waals surface area (Å²) < 4.78 is 5.46. The highest BCUT2D eigenvalue weighted by molar-refractivity contribution is 6.10. The van der Waals surface area contributed by atoms with Gasteiger partial charge in [0.15, 0.2) is 0 Å². The quantitative estimate of drug-likeness (QED) is 0.401. The molecule has 0 fully saturated rings. The molecule has 4 rings (SSSR count). The lowest BCUT2D eigenvalue weighted by atomic mass is 9.82. The Balaban J connectivity index is 2.23. The van der Waals surface area contributed by atoms with Crippen LogP contribution in [-0.2, 0) is 11.3 Å². The summed E-state index contributed by atoms with van der Waals surface area (Å²) in [6.45, 7) is 1.49. The predicted molar refractivity (Wildman–Crippen MR) is 124 cm³/mol. The molecule has 0 saturated carbocycles. The Hall–Kier alpha value is -3.96. The molecule has 1 heterocycles. The zero-order valence-electron chi connectivity index (χ0n) is 17.7. The molecule has 0 saturated heterocycles. The summed E-state index contributed by atoms with van der Waals surface area (Å²) in [5.41, 5.74) is 4.04. The van der Waals surface area contributed by atoms with Crippen molar-refractivity contribution < 1.29 is 19.7 Å².